The average Bonchev–Trinajstić information content (AvgIpc) is 3.35. The van der Waals surface area contributed by atoms with E-state index in [9.17, 15) is 9.59 Å². The third-order valence-corrected chi connectivity index (χ3v) is 6.03. The highest BCUT2D eigenvalue weighted by Gasteiger charge is 2.19. The molecule has 0 bridgehead atoms. The minimum Gasteiger partial charge on any atom is -0.350 e. The molecule has 0 fully saturated rings. The molecule has 5 rings (SSSR count). The summed E-state index contributed by atoms with van der Waals surface area (Å²) >= 11 is 0. The predicted molar refractivity (Wildman–Crippen MR) is 137 cm³/mol. The van der Waals surface area contributed by atoms with Gasteiger partial charge in [0.05, 0.1) is 5.39 Å². The molecule has 36 heavy (non-hydrogen) atoms. The number of fused-ring (bicyclic) bond motifs is 1. The van der Waals surface area contributed by atoms with Gasteiger partial charge in [-0.1, -0.05) is 59.3 Å². The van der Waals surface area contributed by atoms with Crippen LogP contribution in [0.25, 0.3) is 33.9 Å². The molecule has 0 radical (unpaired) electrons. The van der Waals surface area contributed by atoms with Gasteiger partial charge in [-0.3, -0.25) is 9.59 Å². The Morgan fingerprint density at radius 3 is 2.50 bits per heavy atom. The zero-order valence-electron chi connectivity index (χ0n) is 20.3. The number of pyridine rings is 2. The molecule has 0 saturated heterocycles. The Morgan fingerprint density at radius 1 is 0.944 bits per heavy atom. The van der Waals surface area contributed by atoms with Crippen LogP contribution >= 0.6 is 0 Å². The van der Waals surface area contributed by atoms with Crippen LogP contribution in [-0.2, 0) is 17.9 Å². The highest BCUT2D eigenvalue weighted by Crippen LogP contribution is 2.24. The summed E-state index contributed by atoms with van der Waals surface area (Å²) < 4.78 is 7.15. The maximum absolute atomic E-state index is 13.3. The predicted octanol–water partition coefficient (Wildman–Crippen LogP) is 4.36. The van der Waals surface area contributed by atoms with Gasteiger partial charge in [0.1, 0.15) is 17.8 Å². The summed E-state index contributed by atoms with van der Waals surface area (Å²) in [5.74, 6) is 0.280. The van der Waals surface area contributed by atoms with Crippen molar-refractivity contribution in [2.24, 2.45) is 0 Å². The molecule has 0 aliphatic heterocycles. The van der Waals surface area contributed by atoms with Crippen LogP contribution < -0.4 is 10.7 Å². The summed E-state index contributed by atoms with van der Waals surface area (Å²) in [6.45, 7) is 6.19. The average molecular weight is 480 g/mol. The summed E-state index contributed by atoms with van der Waals surface area (Å²) in [6.07, 6.45) is 1.57. The van der Waals surface area contributed by atoms with E-state index in [1.54, 1.807) is 22.9 Å². The van der Waals surface area contributed by atoms with E-state index in [1.807, 2.05) is 69.3 Å². The third kappa shape index (κ3) is 4.65. The van der Waals surface area contributed by atoms with Crippen LogP contribution in [0.3, 0.4) is 0 Å². The van der Waals surface area contributed by atoms with Crippen molar-refractivity contribution in [2.75, 3.05) is 0 Å². The second-order valence-corrected chi connectivity index (χ2v) is 8.82. The molecule has 0 aliphatic carbocycles. The number of aryl methyl sites for hydroxylation is 3. The SMILES string of the molecule is Cc1ccc(CNC(=O)Cn2cc(-c3nc(-c4ccccc4C)no3)c(=O)c3ccc(C)nc32)cc1. The van der Waals surface area contributed by atoms with Crippen molar-refractivity contribution in [1.29, 1.82) is 0 Å². The van der Waals surface area contributed by atoms with Gasteiger partial charge in [-0.05, 0) is 44.0 Å². The largest absolute Gasteiger partial charge is 0.350 e. The van der Waals surface area contributed by atoms with E-state index in [0.717, 1.165) is 27.9 Å². The van der Waals surface area contributed by atoms with Gasteiger partial charge in [-0.15, -0.1) is 0 Å². The summed E-state index contributed by atoms with van der Waals surface area (Å²) in [6, 6.07) is 19.1. The first-order chi connectivity index (χ1) is 17.4. The van der Waals surface area contributed by atoms with E-state index in [4.69, 9.17) is 4.52 Å². The lowest BCUT2D eigenvalue weighted by molar-refractivity contribution is -0.121. The molecule has 0 unspecified atom stereocenters. The lowest BCUT2D eigenvalue weighted by atomic mass is 10.1. The van der Waals surface area contributed by atoms with Gasteiger partial charge >= 0.3 is 0 Å². The van der Waals surface area contributed by atoms with Crippen molar-refractivity contribution in [3.63, 3.8) is 0 Å². The molecule has 0 aliphatic rings. The minimum absolute atomic E-state index is 0.0229. The number of hydrogen-bond donors (Lipinski definition) is 1. The maximum Gasteiger partial charge on any atom is 0.263 e. The summed E-state index contributed by atoms with van der Waals surface area (Å²) in [4.78, 5) is 35.2. The zero-order valence-corrected chi connectivity index (χ0v) is 20.3. The molecular formula is C28H25N5O3. The topological polar surface area (TPSA) is 103 Å². The van der Waals surface area contributed by atoms with Crippen molar-refractivity contribution in [3.8, 4) is 22.8 Å². The molecule has 3 heterocycles. The van der Waals surface area contributed by atoms with Crippen molar-refractivity contribution >= 4 is 16.9 Å². The number of carbonyl (C=O) groups excluding carboxylic acids is 1. The summed E-state index contributed by atoms with van der Waals surface area (Å²) in [5, 5.41) is 7.40. The van der Waals surface area contributed by atoms with Crippen LogP contribution in [0.2, 0.25) is 0 Å². The second-order valence-electron chi connectivity index (χ2n) is 8.82. The van der Waals surface area contributed by atoms with Crippen LogP contribution in [0.15, 0.2) is 76.2 Å². The summed E-state index contributed by atoms with van der Waals surface area (Å²) in [5.41, 5.74) is 5.07. The summed E-state index contributed by atoms with van der Waals surface area (Å²) in [7, 11) is 0. The number of nitrogens with one attached hydrogen (secondary N) is 1. The Labute approximate surface area is 207 Å². The maximum atomic E-state index is 13.3. The van der Waals surface area contributed by atoms with Crippen LogP contribution in [0.1, 0.15) is 22.4 Å². The number of amides is 1. The fraction of sp³-hybridized carbons (Fsp3) is 0.179. The first kappa shape index (κ1) is 23.2. The van der Waals surface area contributed by atoms with Crippen molar-refractivity contribution in [1.82, 2.24) is 25.0 Å². The number of rotatable bonds is 6. The monoisotopic (exact) mass is 479 g/mol. The first-order valence-corrected chi connectivity index (χ1v) is 11.6. The third-order valence-electron chi connectivity index (χ3n) is 6.03. The number of nitrogens with zero attached hydrogens (tertiary/aromatic N) is 4. The van der Waals surface area contributed by atoms with Gasteiger partial charge in [-0.25, -0.2) is 4.98 Å². The number of carbonyl (C=O) groups is 1. The number of aromatic nitrogens is 4. The number of benzene rings is 2. The van der Waals surface area contributed by atoms with Crippen molar-refractivity contribution in [2.45, 2.75) is 33.9 Å². The van der Waals surface area contributed by atoms with E-state index in [0.29, 0.717) is 23.4 Å². The van der Waals surface area contributed by atoms with E-state index in [-0.39, 0.29) is 29.3 Å². The Morgan fingerprint density at radius 2 is 1.72 bits per heavy atom. The van der Waals surface area contributed by atoms with E-state index in [1.165, 1.54) is 0 Å². The van der Waals surface area contributed by atoms with Gasteiger partial charge in [0.2, 0.25) is 17.2 Å². The molecule has 3 aromatic heterocycles. The number of hydrogen-bond acceptors (Lipinski definition) is 6. The minimum atomic E-state index is -0.284. The molecular weight excluding hydrogens is 454 g/mol. The molecule has 8 heteroatoms. The van der Waals surface area contributed by atoms with Gasteiger partial charge < -0.3 is 14.4 Å². The lowest BCUT2D eigenvalue weighted by Gasteiger charge is -2.12. The molecule has 1 N–H and O–H groups in total. The highest BCUT2D eigenvalue weighted by atomic mass is 16.5. The fourth-order valence-electron chi connectivity index (χ4n) is 4.02. The smallest absolute Gasteiger partial charge is 0.263 e. The van der Waals surface area contributed by atoms with Crippen molar-refractivity contribution in [3.05, 3.63) is 99.5 Å². The van der Waals surface area contributed by atoms with Crippen LogP contribution in [0.5, 0.6) is 0 Å². The molecule has 0 atom stereocenters. The highest BCUT2D eigenvalue weighted by molar-refractivity contribution is 5.83. The molecule has 8 nitrogen and oxygen atoms in total. The Bertz CT molecular complexity index is 1630. The van der Waals surface area contributed by atoms with Crippen LogP contribution in [0, 0.1) is 20.8 Å². The normalized spacial score (nSPS) is 11.1. The Kier molecular flexibility index (Phi) is 6.16. The lowest BCUT2D eigenvalue weighted by Crippen LogP contribution is -2.28. The van der Waals surface area contributed by atoms with Crippen LogP contribution in [-0.4, -0.2) is 25.6 Å². The second kappa shape index (κ2) is 9.58. The first-order valence-electron chi connectivity index (χ1n) is 11.6. The molecule has 180 valence electrons. The molecule has 5 aromatic rings. The van der Waals surface area contributed by atoms with Gasteiger partial charge in [-0.2, -0.15) is 4.98 Å². The van der Waals surface area contributed by atoms with E-state index < -0.39 is 0 Å². The molecule has 0 spiro atoms. The fourth-order valence-corrected chi connectivity index (χ4v) is 4.02. The standard InChI is InChI=1S/C28H25N5O3/c1-17-8-11-20(12-9-17)14-29-24(34)16-33-15-23(25(35)22-13-10-19(3)30-27(22)33)28-31-26(32-36-28)21-7-5-4-6-18(21)2/h4-13,15H,14,16H2,1-3H3,(H,29,34). The quantitative estimate of drug-likeness (QED) is 0.388. The van der Waals surface area contributed by atoms with Gasteiger partial charge in [0.25, 0.3) is 5.89 Å². The molecule has 2 aromatic carbocycles. The van der Waals surface area contributed by atoms with E-state index in [2.05, 4.69) is 20.4 Å². The Balaban J connectivity index is 1.50. The van der Waals surface area contributed by atoms with Crippen molar-refractivity contribution < 1.29 is 9.32 Å². The molecule has 1 amide bonds. The molecule has 0 saturated carbocycles. The van der Waals surface area contributed by atoms with Gasteiger partial charge in [0.15, 0.2) is 0 Å². The van der Waals surface area contributed by atoms with E-state index >= 15 is 0 Å². The van der Waals surface area contributed by atoms with Crippen LogP contribution in [0.4, 0.5) is 0 Å². The zero-order chi connectivity index (χ0) is 25.2. The Hall–Kier alpha value is -4.59. The van der Waals surface area contributed by atoms with Gasteiger partial charge in [0, 0.05) is 24.0 Å².